The van der Waals surface area contributed by atoms with Gasteiger partial charge in [0, 0.05) is 6.54 Å². The largest absolute Gasteiger partial charge is 0.468 e. The Labute approximate surface area is 101 Å². The fourth-order valence-electron chi connectivity index (χ4n) is 1.69. The number of furan rings is 2. The molecule has 17 heavy (non-hydrogen) atoms. The zero-order chi connectivity index (χ0) is 11.9. The maximum absolute atomic E-state index is 5.37. The molecule has 3 heteroatoms. The lowest BCUT2D eigenvalue weighted by molar-refractivity contribution is 0.240. The van der Waals surface area contributed by atoms with Gasteiger partial charge in [0.15, 0.2) is 0 Å². The lowest BCUT2D eigenvalue weighted by atomic mass is 10.3. The normalized spacial score (nSPS) is 11.6. The summed E-state index contributed by atoms with van der Waals surface area (Å²) in [6, 6.07) is 7.81. The molecule has 3 nitrogen and oxygen atoms in total. The molecule has 0 unspecified atom stereocenters. The van der Waals surface area contributed by atoms with Gasteiger partial charge in [0.05, 0.1) is 25.6 Å². The highest BCUT2D eigenvalue weighted by atomic mass is 16.3. The van der Waals surface area contributed by atoms with Gasteiger partial charge < -0.3 is 8.83 Å². The lowest BCUT2D eigenvalue weighted by Crippen LogP contribution is -2.22. The van der Waals surface area contributed by atoms with E-state index in [2.05, 4.69) is 17.1 Å². The van der Waals surface area contributed by atoms with Crippen LogP contribution in [-0.2, 0) is 13.1 Å². The van der Waals surface area contributed by atoms with Crippen LogP contribution in [0, 0.1) is 0 Å². The molecule has 0 aliphatic heterocycles. The predicted octanol–water partition coefficient (Wildman–Crippen LogP) is 3.45. The first kappa shape index (κ1) is 11.7. The molecule has 0 bridgehead atoms. The van der Waals surface area contributed by atoms with Crippen molar-refractivity contribution in [3.05, 3.63) is 60.5 Å². The molecule has 0 aliphatic carbocycles. The Morgan fingerprint density at radius 1 is 1.06 bits per heavy atom. The number of hydrogen-bond acceptors (Lipinski definition) is 3. The van der Waals surface area contributed by atoms with E-state index in [1.165, 1.54) is 0 Å². The standard InChI is InChI=1S/C14H17NO2/c1-2-3-8-15(11-13-6-4-9-16-13)12-14-7-5-10-17-14/h2-7,9-10H,8,11-12H2,1H3/b3-2-. The molecule has 0 spiro atoms. The molecular weight excluding hydrogens is 214 g/mol. The van der Waals surface area contributed by atoms with Crippen molar-refractivity contribution in [1.82, 2.24) is 4.90 Å². The van der Waals surface area contributed by atoms with Crippen LogP contribution >= 0.6 is 0 Å². The molecule has 0 aromatic carbocycles. The quantitative estimate of drug-likeness (QED) is 0.713. The number of rotatable bonds is 6. The Balaban J connectivity index is 1.97. The summed E-state index contributed by atoms with van der Waals surface area (Å²) in [5.74, 6) is 1.95. The van der Waals surface area contributed by atoms with Crippen LogP contribution < -0.4 is 0 Å². The SMILES string of the molecule is C/C=C\CN(Cc1ccco1)Cc1ccco1. The maximum Gasteiger partial charge on any atom is 0.117 e. The highest BCUT2D eigenvalue weighted by Gasteiger charge is 2.08. The van der Waals surface area contributed by atoms with Gasteiger partial charge in [0.2, 0.25) is 0 Å². The molecule has 0 radical (unpaired) electrons. The molecule has 0 fully saturated rings. The zero-order valence-corrected chi connectivity index (χ0v) is 10.0. The lowest BCUT2D eigenvalue weighted by Gasteiger charge is -2.17. The van der Waals surface area contributed by atoms with E-state index in [1.54, 1.807) is 12.5 Å². The van der Waals surface area contributed by atoms with Gasteiger partial charge in [-0.1, -0.05) is 12.2 Å². The first-order valence-electron chi connectivity index (χ1n) is 5.77. The van der Waals surface area contributed by atoms with E-state index >= 15 is 0 Å². The van der Waals surface area contributed by atoms with E-state index in [9.17, 15) is 0 Å². The molecule has 0 aliphatic rings. The van der Waals surface area contributed by atoms with Crippen LogP contribution in [-0.4, -0.2) is 11.4 Å². The summed E-state index contributed by atoms with van der Waals surface area (Å²) in [6.07, 6.45) is 7.59. The Hall–Kier alpha value is -1.74. The molecule has 90 valence electrons. The fraction of sp³-hybridized carbons (Fsp3) is 0.286. The molecule has 2 heterocycles. The molecular formula is C14H17NO2. The Bertz CT molecular complexity index is 393. The van der Waals surface area contributed by atoms with Gasteiger partial charge in [0.25, 0.3) is 0 Å². The maximum atomic E-state index is 5.37. The summed E-state index contributed by atoms with van der Waals surface area (Å²) in [5.41, 5.74) is 0. The third-order valence-corrected chi connectivity index (χ3v) is 2.52. The van der Waals surface area contributed by atoms with Crippen molar-refractivity contribution in [2.75, 3.05) is 6.54 Å². The van der Waals surface area contributed by atoms with Gasteiger partial charge in [-0.2, -0.15) is 0 Å². The van der Waals surface area contributed by atoms with Gasteiger partial charge in [-0.3, -0.25) is 4.90 Å². The van der Waals surface area contributed by atoms with Gasteiger partial charge in [-0.25, -0.2) is 0 Å². The van der Waals surface area contributed by atoms with Crippen molar-refractivity contribution in [2.45, 2.75) is 20.0 Å². The Morgan fingerprint density at radius 2 is 1.65 bits per heavy atom. The Morgan fingerprint density at radius 3 is 2.06 bits per heavy atom. The summed E-state index contributed by atoms with van der Waals surface area (Å²) < 4.78 is 10.7. The monoisotopic (exact) mass is 231 g/mol. The topological polar surface area (TPSA) is 29.5 Å². The van der Waals surface area contributed by atoms with E-state index in [4.69, 9.17) is 8.83 Å². The van der Waals surface area contributed by atoms with E-state index in [1.807, 2.05) is 31.2 Å². The van der Waals surface area contributed by atoms with Gasteiger partial charge in [-0.15, -0.1) is 0 Å². The highest BCUT2D eigenvalue weighted by molar-refractivity contribution is 5.02. The summed E-state index contributed by atoms with van der Waals surface area (Å²) in [4.78, 5) is 2.26. The van der Waals surface area contributed by atoms with E-state index in [0.717, 1.165) is 31.2 Å². The van der Waals surface area contributed by atoms with E-state index in [0.29, 0.717) is 0 Å². The summed E-state index contributed by atoms with van der Waals surface area (Å²) in [5, 5.41) is 0. The van der Waals surface area contributed by atoms with Crippen LogP contribution in [0.1, 0.15) is 18.4 Å². The minimum Gasteiger partial charge on any atom is -0.468 e. The molecule has 0 amide bonds. The van der Waals surface area contributed by atoms with Crippen molar-refractivity contribution in [3.63, 3.8) is 0 Å². The second-order valence-electron chi connectivity index (χ2n) is 3.90. The van der Waals surface area contributed by atoms with Crippen LogP contribution in [0.5, 0.6) is 0 Å². The van der Waals surface area contributed by atoms with Gasteiger partial charge >= 0.3 is 0 Å². The third kappa shape index (κ3) is 3.64. The second kappa shape index (κ2) is 6.11. The van der Waals surface area contributed by atoms with E-state index in [-0.39, 0.29) is 0 Å². The average molecular weight is 231 g/mol. The van der Waals surface area contributed by atoms with Crippen molar-refractivity contribution < 1.29 is 8.83 Å². The number of allylic oxidation sites excluding steroid dienone is 1. The van der Waals surface area contributed by atoms with Crippen LogP contribution in [0.4, 0.5) is 0 Å². The van der Waals surface area contributed by atoms with Crippen LogP contribution in [0.15, 0.2) is 57.8 Å². The minimum absolute atomic E-state index is 0.790. The first-order chi connectivity index (χ1) is 8.38. The molecule has 0 saturated carbocycles. The molecule has 2 aromatic rings. The zero-order valence-electron chi connectivity index (χ0n) is 10.0. The average Bonchev–Trinajstić information content (AvgIpc) is 2.99. The smallest absolute Gasteiger partial charge is 0.117 e. The van der Waals surface area contributed by atoms with Crippen LogP contribution in [0.25, 0.3) is 0 Å². The van der Waals surface area contributed by atoms with E-state index < -0.39 is 0 Å². The van der Waals surface area contributed by atoms with Crippen molar-refractivity contribution in [3.8, 4) is 0 Å². The van der Waals surface area contributed by atoms with Crippen LogP contribution in [0.2, 0.25) is 0 Å². The van der Waals surface area contributed by atoms with Crippen LogP contribution in [0.3, 0.4) is 0 Å². The van der Waals surface area contributed by atoms with Crippen molar-refractivity contribution >= 4 is 0 Å². The van der Waals surface area contributed by atoms with Crippen molar-refractivity contribution in [2.24, 2.45) is 0 Å². The first-order valence-corrected chi connectivity index (χ1v) is 5.77. The number of nitrogens with zero attached hydrogens (tertiary/aromatic N) is 1. The molecule has 2 rings (SSSR count). The Kier molecular flexibility index (Phi) is 4.22. The van der Waals surface area contributed by atoms with Crippen molar-refractivity contribution in [1.29, 1.82) is 0 Å². The highest BCUT2D eigenvalue weighted by Crippen LogP contribution is 2.10. The third-order valence-electron chi connectivity index (χ3n) is 2.52. The number of hydrogen-bond donors (Lipinski definition) is 0. The molecule has 0 atom stereocenters. The summed E-state index contributed by atoms with van der Waals surface area (Å²) in [7, 11) is 0. The predicted molar refractivity (Wildman–Crippen MR) is 66.3 cm³/mol. The molecule has 0 N–H and O–H groups in total. The molecule has 2 aromatic heterocycles. The molecule has 0 saturated heterocycles. The summed E-state index contributed by atoms with van der Waals surface area (Å²) >= 11 is 0. The van der Waals surface area contributed by atoms with Gasteiger partial charge in [0.1, 0.15) is 11.5 Å². The summed E-state index contributed by atoms with van der Waals surface area (Å²) in [6.45, 7) is 4.49. The fourth-order valence-corrected chi connectivity index (χ4v) is 1.69. The van der Waals surface area contributed by atoms with Gasteiger partial charge in [-0.05, 0) is 31.2 Å². The minimum atomic E-state index is 0.790. The second-order valence-corrected chi connectivity index (χ2v) is 3.90.